The first kappa shape index (κ1) is 21.0. The molecule has 1 amide bonds. The van der Waals surface area contributed by atoms with E-state index in [1.54, 1.807) is 6.92 Å². The van der Waals surface area contributed by atoms with Crippen molar-refractivity contribution in [1.82, 2.24) is 9.88 Å². The van der Waals surface area contributed by atoms with E-state index >= 15 is 0 Å². The molecule has 0 saturated carbocycles. The molecule has 0 saturated heterocycles. The summed E-state index contributed by atoms with van der Waals surface area (Å²) in [6.07, 6.45) is -0.397. The van der Waals surface area contributed by atoms with Crippen LogP contribution in [0.5, 0.6) is 5.75 Å². The van der Waals surface area contributed by atoms with E-state index in [1.807, 2.05) is 0 Å². The van der Waals surface area contributed by atoms with Crippen molar-refractivity contribution in [3.8, 4) is 5.75 Å². The summed E-state index contributed by atoms with van der Waals surface area (Å²) in [5.74, 6) is -4.45. The van der Waals surface area contributed by atoms with Gasteiger partial charge in [-0.05, 0) is 48.9 Å². The van der Waals surface area contributed by atoms with Gasteiger partial charge in [0, 0.05) is 23.2 Å². The summed E-state index contributed by atoms with van der Waals surface area (Å²) >= 11 is 0. The molecule has 30 heavy (non-hydrogen) atoms. The van der Waals surface area contributed by atoms with E-state index in [9.17, 15) is 28.3 Å². The number of nitrogens with zero attached hydrogens (tertiary/aromatic N) is 1. The second kappa shape index (κ2) is 8.32. The molecule has 2 aromatic carbocycles. The molecule has 0 spiro atoms. The quantitative estimate of drug-likeness (QED) is 0.573. The van der Waals surface area contributed by atoms with Crippen molar-refractivity contribution >= 4 is 28.7 Å². The van der Waals surface area contributed by atoms with Gasteiger partial charge in [0.1, 0.15) is 5.75 Å². The van der Waals surface area contributed by atoms with E-state index in [4.69, 9.17) is 5.11 Å². The van der Waals surface area contributed by atoms with Gasteiger partial charge in [0.2, 0.25) is 5.91 Å². The largest absolute Gasteiger partial charge is 0.508 e. The number of carboxylic acid groups (broad SMARTS) is 1. The van der Waals surface area contributed by atoms with E-state index in [0.717, 1.165) is 18.2 Å². The number of carbonyl (C=O) groups is 3. The Morgan fingerprint density at radius 3 is 2.47 bits per heavy atom. The van der Waals surface area contributed by atoms with Gasteiger partial charge in [0.05, 0.1) is 18.4 Å². The third kappa shape index (κ3) is 4.14. The molecule has 0 bridgehead atoms. The molecule has 0 unspecified atom stereocenters. The van der Waals surface area contributed by atoms with Gasteiger partial charge in [-0.1, -0.05) is 0 Å². The Labute approximate surface area is 169 Å². The minimum Gasteiger partial charge on any atom is -0.508 e. The second-order valence-electron chi connectivity index (χ2n) is 6.71. The van der Waals surface area contributed by atoms with Crippen LogP contribution in [0.4, 0.5) is 8.78 Å². The number of hydrogen-bond acceptors (Lipinski definition) is 4. The van der Waals surface area contributed by atoms with Crippen LogP contribution in [0, 0.1) is 18.6 Å². The van der Waals surface area contributed by atoms with Crippen LogP contribution in [-0.2, 0) is 16.0 Å². The van der Waals surface area contributed by atoms with Crippen LogP contribution in [0.25, 0.3) is 10.9 Å². The van der Waals surface area contributed by atoms with Gasteiger partial charge in [-0.15, -0.1) is 0 Å². The highest BCUT2D eigenvalue weighted by Gasteiger charge is 2.22. The van der Waals surface area contributed by atoms with E-state index in [-0.39, 0.29) is 30.7 Å². The molecule has 156 valence electrons. The number of amides is 1. The second-order valence-corrected chi connectivity index (χ2v) is 6.71. The Hall–Kier alpha value is -3.75. The normalized spacial score (nSPS) is 10.9. The number of fused-ring (bicyclic) bond motifs is 1. The minimum absolute atomic E-state index is 0.0507. The van der Waals surface area contributed by atoms with Crippen molar-refractivity contribution < 1.29 is 33.4 Å². The molecule has 1 heterocycles. The molecule has 3 aromatic rings. The van der Waals surface area contributed by atoms with Crippen molar-refractivity contribution in [3.05, 3.63) is 64.9 Å². The van der Waals surface area contributed by atoms with Crippen molar-refractivity contribution in [1.29, 1.82) is 0 Å². The maximum atomic E-state index is 13.6. The zero-order chi connectivity index (χ0) is 22.0. The highest BCUT2D eigenvalue weighted by Crippen LogP contribution is 2.30. The summed E-state index contributed by atoms with van der Waals surface area (Å²) in [6, 6.07) is 7.06. The smallest absolute Gasteiger partial charge is 0.305 e. The van der Waals surface area contributed by atoms with Crippen LogP contribution in [0.2, 0.25) is 0 Å². The fourth-order valence-electron chi connectivity index (χ4n) is 3.25. The Morgan fingerprint density at radius 2 is 1.80 bits per heavy atom. The predicted octanol–water partition coefficient (Wildman–Crippen LogP) is 2.76. The first-order valence-electron chi connectivity index (χ1n) is 9.00. The Balaban J connectivity index is 2.02. The van der Waals surface area contributed by atoms with E-state index in [2.05, 4.69) is 5.32 Å². The summed E-state index contributed by atoms with van der Waals surface area (Å²) in [7, 11) is 0. The van der Waals surface area contributed by atoms with Crippen LogP contribution >= 0.6 is 0 Å². The number of aromatic hydroxyl groups is 1. The first-order chi connectivity index (χ1) is 14.2. The topological polar surface area (TPSA) is 109 Å². The lowest BCUT2D eigenvalue weighted by Crippen LogP contribution is -2.27. The summed E-state index contributed by atoms with van der Waals surface area (Å²) in [6.45, 7) is 1.54. The monoisotopic (exact) mass is 416 g/mol. The molecule has 3 rings (SSSR count). The molecule has 7 nitrogen and oxygen atoms in total. The fourth-order valence-corrected chi connectivity index (χ4v) is 3.25. The Morgan fingerprint density at radius 1 is 1.07 bits per heavy atom. The average molecular weight is 416 g/mol. The molecule has 0 aliphatic heterocycles. The molecule has 0 aliphatic rings. The van der Waals surface area contributed by atoms with Crippen LogP contribution in [0.1, 0.15) is 28.0 Å². The molecular formula is C21H18F2N2O5. The number of rotatable bonds is 6. The van der Waals surface area contributed by atoms with Gasteiger partial charge in [0.25, 0.3) is 5.91 Å². The van der Waals surface area contributed by atoms with E-state index < -0.39 is 29.4 Å². The third-order valence-corrected chi connectivity index (χ3v) is 4.69. The maximum absolute atomic E-state index is 13.6. The van der Waals surface area contributed by atoms with Gasteiger partial charge in [0.15, 0.2) is 11.6 Å². The number of phenolic OH excluding ortho intramolecular Hbond substituents is 1. The Kier molecular flexibility index (Phi) is 5.81. The van der Waals surface area contributed by atoms with Crippen LogP contribution in [0.15, 0.2) is 36.4 Å². The number of aliphatic carboxylic acids is 1. The number of hydrogen-bond donors (Lipinski definition) is 3. The van der Waals surface area contributed by atoms with Crippen molar-refractivity contribution in [3.63, 3.8) is 0 Å². The lowest BCUT2D eigenvalue weighted by molar-refractivity contribution is -0.136. The number of benzene rings is 2. The van der Waals surface area contributed by atoms with Crippen molar-refractivity contribution in [2.24, 2.45) is 0 Å². The molecular weight excluding hydrogens is 398 g/mol. The molecule has 0 fully saturated rings. The number of nitrogens with one attached hydrogen (secondary N) is 1. The van der Waals surface area contributed by atoms with Crippen molar-refractivity contribution in [2.45, 2.75) is 19.8 Å². The summed E-state index contributed by atoms with van der Waals surface area (Å²) < 4.78 is 28.1. The summed E-state index contributed by atoms with van der Waals surface area (Å²) in [5.41, 5.74) is 1.14. The first-order valence-corrected chi connectivity index (χ1v) is 9.00. The average Bonchev–Trinajstić information content (AvgIpc) is 2.94. The van der Waals surface area contributed by atoms with E-state index in [0.29, 0.717) is 22.2 Å². The third-order valence-electron chi connectivity index (χ3n) is 4.69. The minimum atomic E-state index is -1.16. The predicted molar refractivity (Wildman–Crippen MR) is 103 cm³/mol. The number of halogens is 2. The zero-order valence-electron chi connectivity index (χ0n) is 15.9. The standard InChI is InChI=1S/C21H18F2N2O5/c1-11-14(10-19(27)24-7-6-20(28)29)15-9-13(26)3-5-18(15)25(11)21(30)12-2-4-16(22)17(23)8-12/h2-5,8-9,26H,6-7,10H2,1H3,(H,24,27)(H,28,29). The number of aromatic nitrogens is 1. The molecule has 0 radical (unpaired) electrons. The van der Waals surface area contributed by atoms with Crippen molar-refractivity contribution in [2.75, 3.05) is 6.54 Å². The van der Waals surface area contributed by atoms with Gasteiger partial charge in [-0.3, -0.25) is 19.0 Å². The van der Waals surface area contributed by atoms with Gasteiger partial charge in [-0.2, -0.15) is 0 Å². The SMILES string of the molecule is Cc1c(CC(=O)NCCC(=O)O)c2cc(O)ccc2n1C(=O)c1ccc(F)c(F)c1. The molecule has 3 N–H and O–H groups in total. The van der Waals surface area contributed by atoms with Crippen LogP contribution < -0.4 is 5.32 Å². The van der Waals surface area contributed by atoms with Gasteiger partial charge < -0.3 is 15.5 Å². The van der Waals surface area contributed by atoms with Crippen LogP contribution in [0.3, 0.4) is 0 Å². The molecule has 9 heteroatoms. The van der Waals surface area contributed by atoms with Crippen LogP contribution in [-0.4, -0.2) is 39.1 Å². The number of phenols is 1. The lowest BCUT2D eigenvalue weighted by atomic mass is 10.1. The highest BCUT2D eigenvalue weighted by molar-refractivity contribution is 6.05. The zero-order valence-corrected chi connectivity index (χ0v) is 15.9. The summed E-state index contributed by atoms with van der Waals surface area (Å²) in [4.78, 5) is 35.9. The van der Waals surface area contributed by atoms with E-state index in [1.165, 1.54) is 22.8 Å². The summed E-state index contributed by atoms with van der Waals surface area (Å²) in [5, 5.41) is 21.5. The molecule has 0 aliphatic carbocycles. The van der Waals surface area contributed by atoms with Gasteiger partial charge in [-0.25, -0.2) is 8.78 Å². The lowest BCUT2D eigenvalue weighted by Gasteiger charge is -2.08. The number of carboxylic acids is 1. The molecule has 0 atom stereocenters. The van der Waals surface area contributed by atoms with Gasteiger partial charge >= 0.3 is 5.97 Å². The Bertz CT molecular complexity index is 1170. The fraction of sp³-hybridized carbons (Fsp3) is 0.190. The molecule has 1 aromatic heterocycles. The number of carbonyl (C=O) groups excluding carboxylic acids is 2. The highest BCUT2D eigenvalue weighted by atomic mass is 19.2. The maximum Gasteiger partial charge on any atom is 0.305 e.